The zero-order valence-corrected chi connectivity index (χ0v) is 23.0. The van der Waals surface area contributed by atoms with Gasteiger partial charge in [0.2, 0.25) is 0 Å². The van der Waals surface area contributed by atoms with Crippen molar-refractivity contribution in [2.45, 2.75) is 0 Å². The number of hydrogen-bond acceptors (Lipinski definition) is 6. The molecule has 0 atom stereocenters. The molecule has 0 N–H and O–H groups in total. The monoisotopic (exact) mass is 670 g/mol. The van der Waals surface area contributed by atoms with Crippen molar-refractivity contribution in [1.29, 1.82) is 0 Å². The summed E-state index contributed by atoms with van der Waals surface area (Å²) < 4.78 is 25.6. The molecule has 0 saturated carbocycles. The molecule has 6 nitrogen and oxygen atoms in total. The first-order chi connectivity index (χ1) is 16.6. The van der Waals surface area contributed by atoms with Gasteiger partial charge < -0.3 is 0 Å². The van der Waals surface area contributed by atoms with E-state index in [0.717, 1.165) is 14.0 Å². The fraction of sp³-hybridized carbons (Fsp3) is 0. The molecule has 0 aromatic heterocycles. The zero-order valence-electron chi connectivity index (χ0n) is 17.9. The van der Waals surface area contributed by atoms with E-state index in [1.165, 1.54) is 0 Å². The summed E-state index contributed by atoms with van der Waals surface area (Å²) in [5.41, 5.74) is 0. The maximum absolute atomic E-state index is 13.4. The average Bonchev–Trinajstić information content (AvgIpc) is 2.89. The fourth-order valence-electron chi connectivity index (χ4n) is 4.35. The first-order valence-electron chi connectivity index (χ1n) is 10.5. The Balaban J connectivity index is 1.87. The molecule has 0 amide bonds. The Labute approximate surface area is 207 Å². The van der Waals surface area contributed by atoms with Gasteiger partial charge in [-0.25, -0.2) is 0 Å². The van der Waals surface area contributed by atoms with Gasteiger partial charge in [0.25, 0.3) is 0 Å². The van der Waals surface area contributed by atoms with Gasteiger partial charge >= 0.3 is 209 Å². The van der Waals surface area contributed by atoms with Crippen molar-refractivity contribution in [3.8, 4) is 0 Å². The third kappa shape index (κ3) is 3.66. The van der Waals surface area contributed by atoms with Gasteiger partial charge in [-0.3, -0.25) is 0 Å². The van der Waals surface area contributed by atoms with E-state index in [9.17, 15) is 9.59 Å². The van der Waals surface area contributed by atoms with E-state index in [-0.39, 0.29) is 0 Å². The van der Waals surface area contributed by atoms with E-state index in [4.69, 9.17) is 12.1 Å². The van der Waals surface area contributed by atoms with Crippen LogP contribution in [-0.2, 0) is 12.1 Å². The molecule has 34 heavy (non-hydrogen) atoms. The van der Waals surface area contributed by atoms with Crippen LogP contribution in [0, 0.1) is 0 Å². The molecule has 170 valence electrons. The van der Waals surface area contributed by atoms with Crippen molar-refractivity contribution in [2.24, 2.45) is 0 Å². The summed E-state index contributed by atoms with van der Waals surface area (Å²) in [5.74, 6) is 0. The van der Waals surface area contributed by atoms with Gasteiger partial charge in [-0.2, -0.15) is 0 Å². The SMILES string of the molecule is O=C1[O][Sb]([O]C(=O)[O][Sb]([c]2ccccc2)([c]2ccccc2)([c]2ccccc2)[c]2ccccc2)[O]1. The maximum atomic E-state index is 13.4. The molecule has 0 bridgehead atoms. The predicted molar refractivity (Wildman–Crippen MR) is 131 cm³/mol. The Kier molecular flexibility index (Phi) is 6.29. The normalized spacial score (nSPS) is 14.5. The van der Waals surface area contributed by atoms with Gasteiger partial charge in [0.15, 0.2) is 0 Å². The zero-order chi connectivity index (χ0) is 23.5. The molecular weight excluding hydrogens is 652 g/mol. The summed E-state index contributed by atoms with van der Waals surface area (Å²) in [6.45, 7) is 0. The Bertz CT molecular complexity index is 1120. The second-order valence-electron chi connectivity index (χ2n) is 7.47. The Morgan fingerprint density at radius 3 is 1.21 bits per heavy atom. The Morgan fingerprint density at radius 2 is 0.912 bits per heavy atom. The summed E-state index contributed by atoms with van der Waals surface area (Å²) in [7, 11) is 0. The van der Waals surface area contributed by atoms with Gasteiger partial charge in [0, 0.05) is 0 Å². The molecule has 8 heteroatoms. The molecule has 5 rings (SSSR count). The molecule has 0 radical (unpaired) electrons. The molecule has 4 aromatic carbocycles. The molecule has 1 saturated heterocycles. The molecule has 0 aliphatic carbocycles. The number of hydrogen-bond donors (Lipinski definition) is 0. The molecular formula is C26H20O6Sb2. The topological polar surface area (TPSA) is 71.1 Å². The quantitative estimate of drug-likeness (QED) is 0.294. The number of rotatable bonds is 6. The van der Waals surface area contributed by atoms with Gasteiger partial charge in [-0.1, -0.05) is 0 Å². The minimum atomic E-state index is -5.34. The minimum absolute atomic E-state index is 0.822. The van der Waals surface area contributed by atoms with Crippen LogP contribution in [-0.4, -0.2) is 51.6 Å². The van der Waals surface area contributed by atoms with E-state index < -0.39 is 51.6 Å². The van der Waals surface area contributed by atoms with Crippen LogP contribution in [0.1, 0.15) is 0 Å². The third-order valence-electron chi connectivity index (χ3n) is 5.70. The third-order valence-corrected chi connectivity index (χ3v) is 24.4. The van der Waals surface area contributed by atoms with Crippen molar-refractivity contribution < 1.29 is 21.7 Å². The molecule has 1 aliphatic heterocycles. The molecule has 1 heterocycles. The molecule has 4 aromatic rings. The van der Waals surface area contributed by atoms with E-state index in [1.807, 2.05) is 121 Å². The Hall–Kier alpha value is -2.94. The van der Waals surface area contributed by atoms with Crippen molar-refractivity contribution in [3.63, 3.8) is 0 Å². The summed E-state index contributed by atoms with van der Waals surface area (Å²) in [4.78, 5) is 24.6. The van der Waals surface area contributed by atoms with E-state index >= 15 is 0 Å². The summed E-state index contributed by atoms with van der Waals surface area (Å²) in [6.07, 6.45) is -1.73. The van der Waals surface area contributed by atoms with Crippen LogP contribution in [0.5, 0.6) is 0 Å². The van der Waals surface area contributed by atoms with Crippen LogP contribution < -0.4 is 14.0 Å². The van der Waals surface area contributed by atoms with Crippen molar-refractivity contribution in [3.05, 3.63) is 121 Å². The second kappa shape index (κ2) is 9.36. The van der Waals surface area contributed by atoms with Crippen LogP contribution in [0.4, 0.5) is 9.59 Å². The first kappa shape index (κ1) is 22.8. The van der Waals surface area contributed by atoms with Gasteiger partial charge in [0.1, 0.15) is 0 Å². The summed E-state index contributed by atoms with van der Waals surface area (Å²) in [5, 5.41) is 0. The predicted octanol–water partition coefficient (Wildman–Crippen LogP) is 2.82. The van der Waals surface area contributed by atoms with Crippen molar-refractivity contribution in [1.82, 2.24) is 0 Å². The molecule has 0 spiro atoms. The average molecular weight is 672 g/mol. The van der Waals surface area contributed by atoms with Crippen LogP contribution >= 0.6 is 0 Å². The van der Waals surface area contributed by atoms with E-state index in [1.54, 1.807) is 0 Å². The summed E-state index contributed by atoms with van der Waals surface area (Å²) in [6, 6.07) is 39.3. The molecule has 1 fully saturated rings. The van der Waals surface area contributed by atoms with Crippen LogP contribution in [0.15, 0.2) is 121 Å². The molecule has 1 aliphatic rings. The first-order valence-corrected chi connectivity index (χ1v) is 19.8. The fourth-order valence-corrected chi connectivity index (χ4v) is 22.0. The molecule has 0 unspecified atom stereocenters. The van der Waals surface area contributed by atoms with E-state index in [2.05, 4.69) is 0 Å². The standard InChI is InChI=1S/4C6H5.2CH2O3.2Sb/c4*1-2-4-6-5-3-1;2*2-1(3)4;;/h4*1-5H;2*(H2,2,3,4);;/q;;;;;;+1;+3/p-4. The van der Waals surface area contributed by atoms with Gasteiger partial charge in [-0.15, -0.1) is 0 Å². The number of benzene rings is 4. The van der Waals surface area contributed by atoms with Crippen LogP contribution in [0.2, 0.25) is 0 Å². The van der Waals surface area contributed by atoms with Gasteiger partial charge in [0.05, 0.1) is 0 Å². The van der Waals surface area contributed by atoms with Crippen molar-refractivity contribution >= 4 is 65.6 Å². The Morgan fingerprint density at radius 1 is 0.588 bits per heavy atom. The van der Waals surface area contributed by atoms with Gasteiger partial charge in [-0.05, 0) is 0 Å². The summed E-state index contributed by atoms with van der Waals surface area (Å²) >= 11 is -8.72. The number of carbonyl (C=O) groups excluding carboxylic acids is 2. The second-order valence-corrected chi connectivity index (χ2v) is 22.6. The van der Waals surface area contributed by atoms with Crippen LogP contribution in [0.25, 0.3) is 0 Å². The van der Waals surface area contributed by atoms with Crippen LogP contribution in [0.3, 0.4) is 0 Å². The van der Waals surface area contributed by atoms with E-state index in [0.29, 0.717) is 0 Å². The number of carbonyl (C=O) groups is 2. The van der Waals surface area contributed by atoms with Crippen molar-refractivity contribution in [2.75, 3.05) is 0 Å².